The van der Waals surface area contributed by atoms with E-state index < -0.39 is 92.8 Å². The summed E-state index contributed by atoms with van der Waals surface area (Å²) >= 11 is 0. The Bertz CT molecular complexity index is 1200. The summed E-state index contributed by atoms with van der Waals surface area (Å²) in [4.78, 5) is 100. The molecule has 45 heavy (non-hydrogen) atoms. The molecular weight excluding hydrogens is 619 g/mol. The van der Waals surface area contributed by atoms with Gasteiger partial charge in [0.2, 0.25) is 29.5 Å². The summed E-state index contributed by atoms with van der Waals surface area (Å²) < 4.78 is 15.9. The molecule has 0 aliphatic carbocycles. The number of nitrogens with zero attached hydrogens (tertiary/aromatic N) is 3. The van der Waals surface area contributed by atoms with E-state index in [4.69, 9.17) is 5.73 Å². The van der Waals surface area contributed by atoms with Gasteiger partial charge in [-0.2, -0.15) is 0 Å². The highest BCUT2D eigenvalue weighted by molar-refractivity contribution is 7.46. The van der Waals surface area contributed by atoms with Crippen LogP contribution in [0.3, 0.4) is 0 Å². The highest BCUT2D eigenvalue weighted by atomic mass is 31.2. The van der Waals surface area contributed by atoms with Crippen LogP contribution in [0.4, 0.5) is 0 Å². The molecule has 18 nitrogen and oxygen atoms in total. The van der Waals surface area contributed by atoms with Gasteiger partial charge in [0.05, 0.1) is 13.2 Å². The molecule has 0 radical (unpaired) electrons. The Labute approximate surface area is 259 Å². The number of aliphatic carboxylic acids is 1. The van der Waals surface area contributed by atoms with Crippen LogP contribution in [0.15, 0.2) is 0 Å². The van der Waals surface area contributed by atoms with E-state index in [1.54, 1.807) is 13.8 Å². The predicted octanol–water partition coefficient (Wildman–Crippen LogP) is -2.90. The number of carbonyl (C=O) groups excluding carboxylic acids is 5. The zero-order valence-corrected chi connectivity index (χ0v) is 26.1. The fourth-order valence-corrected chi connectivity index (χ4v) is 6.26. The lowest BCUT2D eigenvalue weighted by molar-refractivity contribution is -0.151. The van der Waals surface area contributed by atoms with Crippen molar-refractivity contribution in [2.24, 2.45) is 11.7 Å². The van der Waals surface area contributed by atoms with Gasteiger partial charge in [-0.05, 0) is 44.4 Å². The SMILES string of the molecule is CC(C)[C@H](NC(=O)[C@@H](N)CO)C(=O)N1CCC[C@H]1C(=O)N1CCC[C@H]1C(=O)N[C@@H](COP(=O)(O)O)C(=O)N1CCC[C@H]1C(=O)O. The first-order valence-corrected chi connectivity index (χ1v) is 16.4. The van der Waals surface area contributed by atoms with Gasteiger partial charge in [-0.15, -0.1) is 0 Å². The molecule has 0 unspecified atom stereocenters. The summed E-state index contributed by atoms with van der Waals surface area (Å²) in [7, 11) is -5.07. The molecule has 0 aromatic heterocycles. The molecular formula is C26H43N6O12P. The predicted molar refractivity (Wildman–Crippen MR) is 154 cm³/mol. The third kappa shape index (κ3) is 8.98. The van der Waals surface area contributed by atoms with Gasteiger partial charge in [0.15, 0.2) is 0 Å². The zero-order valence-electron chi connectivity index (χ0n) is 25.2. The molecule has 3 heterocycles. The quantitative estimate of drug-likeness (QED) is 0.0977. The standard InChI is InChI=1S/C26H43N6O12P/c1-14(2)20(29-21(34)15(27)12-33)25(38)31-10-4-7-18(31)24(37)30-9-3-6-17(30)22(35)28-16(13-44-45(41,42)43)23(36)32-11-5-8-19(32)26(39)40/h14-20,33H,3-13,27H2,1-2H3,(H,28,35)(H,29,34)(H,39,40)(H2,41,42,43)/t15-,16-,17-,18-,19-,20-/m0/s1. The van der Waals surface area contributed by atoms with Crippen LogP contribution in [0.2, 0.25) is 0 Å². The van der Waals surface area contributed by atoms with Crippen LogP contribution in [0.25, 0.3) is 0 Å². The van der Waals surface area contributed by atoms with E-state index in [9.17, 15) is 53.3 Å². The largest absolute Gasteiger partial charge is 0.480 e. The minimum absolute atomic E-state index is 0.0570. The number of hydrogen-bond donors (Lipinski definition) is 7. The first-order valence-electron chi connectivity index (χ1n) is 14.9. The van der Waals surface area contributed by atoms with Crippen LogP contribution in [-0.2, 0) is 37.9 Å². The summed E-state index contributed by atoms with van der Waals surface area (Å²) in [6, 6.07) is -7.11. The minimum Gasteiger partial charge on any atom is -0.480 e. The van der Waals surface area contributed by atoms with Gasteiger partial charge in [-0.1, -0.05) is 13.8 Å². The Morgan fingerprint density at radius 3 is 1.93 bits per heavy atom. The number of carboxylic acids is 1. The van der Waals surface area contributed by atoms with Crippen molar-refractivity contribution >= 4 is 43.3 Å². The van der Waals surface area contributed by atoms with E-state index in [0.717, 1.165) is 4.90 Å². The van der Waals surface area contributed by atoms with E-state index in [0.29, 0.717) is 25.7 Å². The smallest absolute Gasteiger partial charge is 0.469 e. The molecule has 0 bridgehead atoms. The number of phosphoric acid groups is 1. The highest BCUT2D eigenvalue weighted by Crippen LogP contribution is 2.36. The van der Waals surface area contributed by atoms with Crippen molar-refractivity contribution in [3.05, 3.63) is 0 Å². The fourth-order valence-electron chi connectivity index (χ4n) is 5.92. The molecule has 19 heteroatoms. The summed E-state index contributed by atoms with van der Waals surface area (Å²) in [5, 5.41) is 23.6. The Morgan fingerprint density at radius 1 is 0.867 bits per heavy atom. The summed E-state index contributed by atoms with van der Waals surface area (Å²) in [6.45, 7) is 2.29. The van der Waals surface area contributed by atoms with E-state index in [1.165, 1.54) is 9.80 Å². The summed E-state index contributed by atoms with van der Waals surface area (Å²) in [5.41, 5.74) is 5.59. The maximum absolute atomic E-state index is 13.8. The van der Waals surface area contributed by atoms with Crippen molar-refractivity contribution in [1.82, 2.24) is 25.3 Å². The lowest BCUT2D eigenvalue weighted by Gasteiger charge is -2.34. The molecule has 0 aromatic carbocycles. The van der Waals surface area contributed by atoms with Gasteiger partial charge in [-0.3, -0.25) is 28.5 Å². The van der Waals surface area contributed by atoms with E-state index >= 15 is 0 Å². The zero-order chi connectivity index (χ0) is 33.6. The van der Waals surface area contributed by atoms with Crippen molar-refractivity contribution < 1.29 is 57.9 Å². The monoisotopic (exact) mass is 662 g/mol. The average Bonchev–Trinajstić information content (AvgIpc) is 3.76. The maximum atomic E-state index is 13.8. The van der Waals surface area contributed by atoms with Crippen LogP contribution >= 0.6 is 7.82 Å². The number of rotatable bonds is 13. The average molecular weight is 663 g/mol. The van der Waals surface area contributed by atoms with E-state index in [2.05, 4.69) is 15.2 Å². The molecule has 3 fully saturated rings. The van der Waals surface area contributed by atoms with Crippen LogP contribution in [-0.4, -0.2) is 139 Å². The lowest BCUT2D eigenvalue weighted by atomic mass is 10.0. The molecule has 5 amide bonds. The van der Waals surface area contributed by atoms with Crippen LogP contribution in [0.1, 0.15) is 52.4 Å². The highest BCUT2D eigenvalue weighted by Gasteiger charge is 2.45. The Balaban J connectivity index is 1.76. The van der Waals surface area contributed by atoms with Gasteiger partial charge < -0.3 is 51.1 Å². The molecule has 3 aliphatic heterocycles. The van der Waals surface area contributed by atoms with Crippen molar-refractivity contribution in [2.45, 2.75) is 88.6 Å². The molecule has 3 aliphatic rings. The molecule has 0 aromatic rings. The topological polar surface area (TPSA) is 269 Å². The molecule has 3 saturated heterocycles. The number of carbonyl (C=O) groups is 6. The number of carboxylic acid groups (broad SMARTS) is 1. The third-order valence-corrected chi connectivity index (χ3v) is 8.75. The number of nitrogens with two attached hydrogens (primary N) is 1. The second kappa shape index (κ2) is 15.4. The number of hydrogen-bond acceptors (Lipinski definition) is 10. The number of nitrogens with one attached hydrogen (secondary N) is 2. The molecule has 6 atom stereocenters. The number of amides is 5. The first kappa shape index (κ1) is 36.3. The van der Waals surface area contributed by atoms with Crippen molar-refractivity contribution in [3.8, 4) is 0 Å². The minimum atomic E-state index is -5.07. The number of phosphoric ester groups is 1. The normalized spacial score (nSPS) is 24.0. The van der Waals surface area contributed by atoms with Crippen LogP contribution in [0.5, 0.6) is 0 Å². The van der Waals surface area contributed by atoms with E-state index in [-0.39, 0.29) is 38.4 Å². The van der Waals surface area contributed by atoms with Crippen molar-refractivity contribution in [2.75, 3.05) is 32.8 Å². The van der Waals surface area contributed by atoms with Gasteiger partial charge in [-0.25, -0.2) is 9.36 Å². The van der Waals surface area contributed by atoms with Gasteiger partial charge >= 0.3 is 13.8 Å². The number of aliphatic hydroxyl groups is 1. The molecule has 3 rings (SSSR count). The Hall–Kier alpha value is -3.15. The summed E-state index contributed by atoms with van der Waals surface area (Å²) in [5.74, 6) is -5.10. The molecule has 254 valence electrons. The van der Waals surface area contributed by atoms with Gasteiger partial charge in [0.1, 0.15) is 36.3 Å². The third-order valence-electron chi connectivity index (χ3n) is 8.27. The fraction of sp³-hybridized carbons (Fsp3) is 0.769. The van der Waals surface area contributed by atoms with Crippen LogP contribution in [0, 0.1) is 5.92 Å². The molecule has 8 N–H and O–H groups in total. The second-order valence-corrected chi connectivity index (χ2v) is 13.0. The lowest BCUT2D eigenvalue weighted by Crippen LogP contribution is -2.60. The van der Waals surface area contributed by atoms with Crippen LogP contribution < -0.4 is 16.4 Å². The van der Waals surface area contributed by atoms with Gasteiger partial charge in [0.25, 0.3) is 0 Å². The molecule has 0 saturated carbocycles. The first-order chi connectivity index (χ1) is 21.1. The Morgan fingerprint density at radius 2 is 1.40 bits per heavy atom. The summed E-state index contributed by atoms with van der Waals surface area (Å²) in [6.07, 6.45) is 1.94. The number of aliphatic hydroxyl groups excluding tert-OH is 1. The van der Waals surface area contributed by atoms with Crippen molar-refractivity contribution in [3.63, 3.8) is 0 Å². The second-order valence-electron chi connectivity index (χ2n) is 11.8. The number of likely N-dealkylation sites (tertiary alicyclic amines) is 3. The maximum Gasteiger partial charge on any atom is 0.469 e. The van der Waals surface area contributed by atoms with Gasteiger partial charge in [0, 0.05) is 19.6 Å². The molecule has 0 spiro atoms. The van der Waals surface area contributed by atoms with Crippen molar-refractivity contribution in [1.29, 1.82) is 0 Å². The Kier molecular flexibility index (Phi) is 12.4. The van der Waals surface area contributed by atoms with E-state index in [1.807, 2.05) is 0 Å².